The molecule has 2 amide bonds. The van der Waals surface area contributed by atoms with E-state index in [1.165, 1.54) is 6.07 Å². The maximum Gasteiger partial charge on any atom is 0.280 e. The maximum atomic E-state index is 13.7. The van der Waals surface area contributed by atoms with E-state index in [1.807, 2.05) is 6.92 Å². The van der Waals surface area contributed by atoms with E-state index >= 15 is 0 Å². The van der Waals surface area contributed by atoms with Gasteiger partial charge in [0.1, 0.15) is 5.69 Å². The second kappa shape index (κ2) is 12.7. The molecule has 0 unspecified atom stereocenters. The first-order valence-corrected chi connectivity index (χ1v) is 18.8. The highest BCUT2D eigenvalue weighted by Crippen LogP contribution is 2.44. The lowest BCUT2D eigenvalue weighted by Gasteiger charge is -2.39. The van der Waals surface area contributed by atoms with Crippen LogP contribution in [0.4, 0.5) is 0 Å². The summed E-state index contributed by atoms with van der Waals surface area (Å²) in [7, 11) is -6.48. The number of nitrogens with one attached hydrogen (secondary N) is 2. The molecule has 14 heteroatoms. The van der Waals surface area contributed by atoms with Gasteiger partial charge in [0.2, 0.25) is 10.0 Å². The summed E-state index contributed by atoms with van der Waals surface area (Å²) in [5.74, 6) is 0.223. The van der Waals surface area contributed by atoms with Crippen LogP contribution in [0.1, 0.15) is 85.7 Å². The van der Waals surface area contributed by atoms with E-state index in [0.29, 0.717) is 54.3 Å². The molecule has 42 heavy (non-hydrogen) atoms. The Morgan fingerprint density at radius 3 is 2.38 bits per heavy atom. The Bertz CT molecular complexity index is 1440. The van der Waals surface area contributed by atoms with Gasteiger partial charge in [-0.15, -0.1) is 11.3 Å². The molecule has 2 fully saturated rings. The van der Waals surface area contributed by atoms with Crippen molar-refractivity contribution in [3.8, 4) is 10.4 Å². The molecule has 0 atom stereocenters. The number of amides is 2. The van der Waals surface area contributed by atoms with Crippen molar-refractivity contribution in [2.75, 3.05) is 24.6 Å². The molecule has 2 aliphatic heterocycles. The molecule has 1 aromatic heterocycles. The molecular weight excluding hydrogens is 620 g/mol. The number of piperidine rings is 1. The van der Waals surface area contributed by atoms with Gasteiger partial charge in [-0.3, -0.25) is 18.7 Å². The van der Waals surface area contributed by atoms with Crippen molar-refractivity contribution in [3.05, 3.63) is 33.4 Å². The van der Waals surface area contributed by atoms with Gasteiger partial charge in [0, 0.05) is 41.7 Å². The zero-order chi connectivity index (χ0) is 31.0. The first-order chi connectivity index (χ1) is 19.5. The highest BCUT2D eigenvalue weighted by atomic mass is 35.5. The molecule has 0 aliphatic carbocycles. The molecule has 234 valence electrons. The number of carbonyl (C=O) groups is 2. The number of thiazole rings is 1. The second-order valence-corrected chi connectivity index (χ2v) is 17.5. The van der Waals surface area contributed by atoms with E-state index in [2.05, 4.69) is 21.9 Å². The Hall–Kier alpha value is -1.74. The first kappa shape index (κ1) is 33.2. The number of halogens is 1. The molecule has 3 heterocycles. The van der Waals surface area contributed by atoms with E-state index in [4.69, 9.17) is 11.6 Å². The standard InChI is InChI=1S/C28H41ClN4O6S3/c1-6-28(4,5)32-42(38,39)21-8-7-20(22(29)18(21)3)24-23(27(35)33-13-9-17(2)10-14-33)31-26(40-24)25(34)30-19-11-15-41(36,37)16-12-19/h7-8,17,19,32,36-37H,6,9-16H2,1-5H3,(H,30,34). The quantitative estimate of drug-likeness (QED) is 0.282. The number of sulfonamides is 1. The van der Waals surface area contributed by atoms with Crippen LogP contribution in [0.3, 0.4) is 0 Å². The molecule has 0 saturated carbocycles. The molecule has 2 saturated heterocycles. The van der Waals surface area contributed by atoms with Crippen LogP contribution in [0.15, 0.2) is 17.0 Å². The summed E-state index contributed by atoms with van der Waals surface area (Å²) in [5.41, 5.74) is 0.219. The van der Waals surface area contributed by atoms with Gasteiger partial charge in [-0.1, -0.05) is 31.5 Å². The summed E-state index contributed by atoms with van der Waals surface area (Å²) in [4.78, 5) is 33.7. The summed E-state index contributed by atoms with van der Waals surface area (Å²) in [6.45, 7) is 10.4. The summed E-state index contributed by atoms with van der Waals surface area (Å²) < 4.78 is 49.0. The first-order valence-electron chi connectivity index (χ1n) is 14.2. The topological polar surface area (TPSA) is 149 Å². The Morgan fingerprint density at radius 2 is 1.79 bits per heavy atom. The molecule has 0 bridgehead atoms. The average molecular weight is 661 g/mol. The van der Waals surface area contributed by atoms with Crippen molar-refractivity contribution in [1.29, 1.82) is 0 Å². The third-order valence-electron chi connectivity index (χ3n) is 8.18. The van der Waals surface area contributed by atoms with Crippen LogP contribution in [0.5, 0.6) is 0 Å². The van der Waals surface area contributed by atoms with Gasteiger partial charge >= 0.3 is 0 Å². The average Bonchev–Trinajstić information content (AvgIpc) is 3.36. The molecule has 4 N–H and O–H groups in total. The van der Waals surface area contributed by atoms with Gasteiger partial charge in [0.05, 0.1) is 14.8 Å². The van der Waals surface area contributed by atoms with Crippen molar-refractivity contribution in [3.63, 3.8) is 0 Å². The minimum atomic E-state index is -3.88. The van der Waals surface area contributed by atoms with Crippen LogP contribution >= 0.6 is 33.5 Å². The summed E-state index contributed by atoms with van der Waals surface area (Å²) in [6.07, 6.45) is 3.20. The monoisotopic (exact) mass is 660 g/mol. The molecule has 0 spiro atoms. The van der Waals surface area contributed by atoms with Crippen LogP contribution in [0.2, 0.25) is 5.02 Å². The highest BCUT2D eigenvalue weighted by Gasteiger charge is 2.33. The van der Waals surface area contributed by atoms with E-state index in [-0.39, 0.29) is 44.1 Å². The van der Waals surface area contributed by atoms with Crippen LogP contribution in [-0.2, 0) is 10.0 Å². The van der Waals surface area contributed by atoms with Crippen LogP contribution in [0, 0.1) is 12.8 Å². The van der Waals surface area contributed by atoms with E-state index in [0.717, 1.165) is 24.2 Å². The Balaban J connectivity index is 1.71. The second-order valence-electron chi connectivity index (χ2n) is 12.0. The molecular formula is C28H41ClN4O6S3. The molecule has 2 aliphatic rings. The van der Waals surface area contributed by atoms with E-state index in [1.54, 1.807) is 31.7 Å². The van der Waals surface area contributed by atoms with Crippen molar-refractivity contribution in [2.45, 2.75) is 83.2 Å². The van der Waals surface area contributed by atoms with Crippen molar-refractivity contribution in [1.82, 2.24) is 19.9 Å². The van der Waals surface area contributed by atoms with Gasteiger partial charge in [-0.25, -0.2) is 18.1 Å². The van der Waals surface area contributed by atoms with Gasteiger partial charge in [0.25, 0.3) is 11.8 Å². The van der Waals surface area contributed by atoms with Crippen LogP contribution < -0.4 is 10.0 Å². The molecule has 4 rings (SSSR count). The molecule has 2 aromatic rings. The lowest BCUT2D eigenvalue weighted by molar-refractivity contribution is 0.0692. The minimum absolute atomic E-state index is 0.0430. The smallest absolute Gasteiger partial charge is 0.280 e. The van der Waals surface area contributed by atoms with E-state index < -0.39 is 32.1 Å². The fraction of sp³-hybridized carbons (Fsp3) is 0.607. The minimum Gasteiger partial charge on any atom is -0.347 e. The van der Waals surface area contributed by atoms with E-state index in [9.17, 15) is 27.1 Å². The van der Waals surface area contributed by atoms with Crippen molar-refractivity contribution >= 4 is 55.4 Å². The number of likely N-dealkylation sites (tertiary alicyclic amines) is 1. The zero-order valence-corrected chi connectivity index (χ0v) is 27.9. The van der Waals surface area contributed by atoms with Gasteiger partial charge in [0.15, 0.2) is 5.01 Å². The number of aromatic nitrogens is 1. The Morgan fingerprint density at radius 1 is 1.17 bits per heavy atom. The lowest BCUT2D eigenvalue weighted by Crippen LogP contribution is -2.42. The SMILES string of the molecule is CCC(C)(C)NS(=O)(=O)c1ccc(-c2sc(C(=O)NC3CCS(O)(O)CC3)nc2C(=O)N2CCC(C)CC2)c(Cl)c1C. The van der Waals surface area contributed by atoms with Crippen molar-refractivity contribution < 1.29 is 27.1 Å². The number of hydrogen-bond donors (Lipinski definition) is 4. The summed E-state index contributed by atoms with van der Waals surface area (Å²) in [6, 6.07) is 2.81. The number of hydrogen-bond acceptors (Lipinski definition) is 8. The number of carbonyl (C=O) groups excluding carboxylic acids is 2. The Kier molecular flexibility index (Phi) is 10.0. The fourth-order valence-corrected chi connectivity index (χ4v) is 9.66. The van der Waals surface area contributed by atoms with Gasteiger partial charge < -0.3 is 10.2 Å². The summed E-state index contributed by atoms with van der Waals surface area (Å²) in [5, 5.41) is 3.18. The number of benzene rings is 1. The number of rotatable bonds is 8. The largest absolute Gasteiger partial charge is 0.347 e. The normalized spacial score (nSPS) is 19.5. The van der Waals surface area contributed by atoms with Crippen molar-refractivity contribution in [2.24, 2.45) is 5.92 Å². The third kappa shape index (κ3) is 7.48. The number of nitrogens with zero attached hydrogens (tertiary/aromatic N) is 2. The molecule has 1 aromatic carbocycles. The predicted octanol–water partition coefficient (Wildman–Crippen LogP) is 5.75. The third-order valence-corrected chi connectivity index (χ3v) is 13.4. The molecule has 10 nitrogen and oxygen atoms in total. The van der Waals surface area contributed by atoms with Crippen LogP contribution in [0.25, 0.3) is 10.4 Å². The summed E-state index contributed by atoms with van der Waals surface area (Å²) >= 11 is 7.85. The maximum absolute atomic E-state index is 13.7. The highest BCUT2D eigenvalue weighted by molar-refractivity contribution is 8.24. The Labute approximate surface area is 259 Å². The lowest BCUT2D eigenvalue weighted by atomic mass is 9.99. The van der Waals surface area contributed by atoms with Crippen LogP contribution in [-0.4, -0.2) is 75.4 Å². The van der Waals surface area contributed by atoms with Gasteiger partial charge in [-0.05, 0) is 70.4 Å². The molecule has 0 radical (unpaired) electrons. The van der Waals surface area contributed by atoms with Gasteiger partial charge in [-0.2, -0.15) is 10.6 Å². The zero-order valence-electron chi connectivity index (χ0n) is 24.7. The fourth-order valence-electron chi connectivity index (χ4n) is 5.03. The predicted molar refractivity (Wildman–Crippen MR) is 169 cm³/mol.